The van der Waals surface area contributed by atoms with Crippen LogP contribution >= 0.6 is 11.6 Å². The predicted molar refractivity (Wildman–Crippen MR) is 74.2 cm³/mol. The first-order valence-electron chi connectivity index (χ1n) is 5.99. The van der Waals surface area contributed by atoms with Gasteiger partial charge in [-0.25, -0.2) is 4.39 Å². The third kappa shape index (κ3) is 3.77. The van der Waals surface area contributed by atoms with Gasteiger partial charge in [0.25, 0.3) is 0 Å². The number of nitrogens with two attached hydrogens (primary N) is 1. The third-order valence-electron chi connectivity index (χ3n) is 2.83. The average molecular weight is 280 g/mol. The highest BCUT2D eigenvalue weighted by Gasteiger charge is 2.04. The summed E-state index contributed by atoms with van der Waals surface area (Å²) >= 11 is 6.01. The van der Waals surface area contributed by atoms with E-state index in [0.29, 0.717) is 23.7 Å². The maximum absolute atomic E-state index is 13.7. The first kappa shape index (κ1) is 14.0. The van der Waals surface area contributed by atoms with Gasteiger partial charge in [0.2, 0.25) is 0 Å². The molecule has 2 nitrogen and oxygen atoms in total. The second-order valence-corrected chi connectivity index (χ2v) is 4.62. The van der Waals surface area contributed by atoms with Crippen LogP contribution in [0.1, 0.15) is 16.7 Å². The molecule has 2 rings (SSSR count). The fourth-order valence-electron chi connectivity index (χ4n) is 1.72. The van der Waals surface area contributed by atoms with E-state index in [2.05, 4.69) is 0 Å². The number of ether oxygens (including phenoxy) is 1. The number of hydrogen-bond acceptors (Lipinski definition) is 2. The fourth-order valence-corrected chi connectivity index (χ4v) is 1.91. The summed E-state index contributed by atoms with van der Waals surface area (Å²) in [6.45, 7) is 0.900. The standard InChI is InChI=1S/C15H15ClFNO/c16-14-4-2-1-3-12(14)9-19-10-13-6-5-11(8-18)7-15(13)17/h1-7H,8-10,18H2. The molecule has 0 unspecified atom stereocenters. The van der Waals surface area contributed by atoms with Gasteiger partial charge in [-0.2, -0.15) is 0 Å². The van der Waals surface area contributed by atoms with E-state index >= 15 is 0 Å². The lowest BCUT2D eigenvalue weighted by Gasteiger charge is -2.08. The van der Waals surface area contributed by atoms with Crippen LogP contribution in [0.3, 0.4) is 0 Å². The van der Waals surface area contributed by atoms with Crippen LogP contribution in [0.2, 0.25) is 5.02 Å². The minimum absolute atomic E-state index is 0.210. The maximum atomic E-state index is 13.7. The van der Waals surface area contributed by atoms with Crippen molar-refractivity contribution in [1.29, 1.82) is 0 Å². The SMILES string of the molecule is NCc1ccc(COCc2ccccc2Cl)c(F)c1. The zero-order valence-corrected chi connectivity index (χ0v) is 11.2. The Bertz CT molecular complexity index is 560. The van der Waals surface area contributed by atoms with Gasteiger partial charge >= 0.3 is 0 Å². The van der Waals surface area contributed by atoms with Gasteiger partial charge in [-0.3, -0.25) is 0 Å². The molecule has 100 valence electrons. The van der Waals surface area contributed by atoms with E-state index in [1.165, 1.54) is 6.07 Å². The molecule has 2 N–H and O–H groups in total. The molecule has 2 aromatic rings. The van der Waals surface area contributed by atoms with Gasteiger partial charge in [-0.15, -0.1) is 0 Å². The molecule has 0 heterocycles. The number of rotatable bonds is 5. The van der Waals surface area contributed by atoms with Gasteiger partial charge in [-0.05, 0) is 23.3 Å². The lowest BCUT2D eigenvalue weighted by atomic mass is 10.1. The molecule has 0 aliphatic heterocycles. The summed E-state index contributed by atoms with van der Waals surface area (Å²) in [4.78, 5) is 0. The van der Waals surface area contributed by atoms with Gasteiger partial charge < -0.3 is 10.5 Å². The van der Waals surface area contributed by atoms with Gasteiger partial charge in [0.1, 0.15) is 5.82 Å². The summed E-state index contributed by atoms with van der Waals surface area (Å²) in [7, 11) is 0. The topological polar surface area (TPSA) is 35.2 Å². The van der Waals surface area contributed by atoms with E-state index in [1.54, 1.807) is 18.2 Å². The number of hydrogen-bond donors (Lipinski definition) is 1. The van der Waals surface area contributed by atoms with Crippen molar-refractivity contribution in [2.45, 2.75) is 19.8 Å². The van der Waals surface area contributed by atoms with Gasteiger partial charge in [-0.1, -0.05) is 41.9 Å². The lowest BCUT2D eigenvalue weighted by molar-refractivity contribution is 0.105. The Morgan fingerprint density at radius 1 is 1.05 bits per heavy atom. The van der Waals surface area contributed by atoms with E-state index in [9.17, 15) is 4.39 Å². The lowest BCUT2D eigenvalue weighted by Crippen LogP contribution is -2.01. The Morgan fingerprint density at radius 3 is 2.47 bits per heavy atom. The first-order valence-corrected chi connectivity index (χ1v) is 6.37. The van der Waals surface area contributed by atoms with E-state index in [-0.39, 0.29) is 12.4 Å². The van der Waals surface area contributed by atoms with Crippen molar-refractivity contribution in [1.82, 2.24) is 0 Å². The van der Waals surface area contributed by atoms with Crippen LogP contribution in [0.15, 0.2) is 42.5 Å². The van der Waals surface area contributed by atoms with Crippen LogP contribution in [0, 0.1) is 5.82 Å². The van der Waals surface area contributed by atoms with Crippen LogP contribution in [0.5, 0.6) is 0 Å². The smallest absolute Gasteiger partial charge is 0.129 e. The Hall–Kier alpha value is -1.42. The van der Waals surface area contributed by atoms with Crippen molar-refractivity contribution >= 4 is 11.6 Å². The second-order valence-electron chi connectivity index (χ2n) is 4.21. The monoisotopic (exact) mass is 279 g/mol. The van der Waals surface area contributed by atoms with E-state index < -0.39 is 0 Å². The van der Waals surface area contributed by atoms with Crippen molar-refractivity contribution < 1.29 is 9.13 Å². The minimum atomic E-state index is -0.290. The Kier molecular flexibility index (Phi) is 4.91. The Morgan fingerprint density at radius 2 is 1.79 bits per heavy atom. The van der Waals surface area contributed by atoms with Gasteiger partial charge in [0.15, 0.2) is 0 Å². The summed E-state index contributed by atoms with van der Waals surface area (Å²) in [6.07, 6.45) is 0. The number of benzene rings is 2. The zero-order valence-electron chi connectivity index (χ0n) is 10.4. The molecule has 0 aliphatic carbocycles. The molecule has 0 saturated carbocycles. The molecule has 0 spiro atoms. The largest absolute Gasteiger partial charge is 0.372 e. The molecule has 0 radical (unpaired) electrons. The van der Waals surface area contributed by atoms with Crippen LogP contribution < -0.4 is 5.73 Å². The molecule has 0 bridgehead atoms. The Balaban J connectivity index is 1.94. The Labute approximate surface area is 117 Å². The third-order valence-corrected chi connectivity index (χ3v) is 3.19. The number of halogens is 2. The molecular formula is C15H15ClFNO. The average Bonchev–Trinajstić information content (AvgIpc) is 2.42. The van der Waals surface area contributed by atoms with E-state index in [1.807, 2.05) is 18.2 Å². The predicted octanol–water partition coefficient (Wildman–Crippen LogP) is 3.65. The van der Waals surface area contributed by atoms with E-state index in [0.717, 1.165) is 11.1 Å². The molecule has 0 amide bonds. The van der Waals surface area contributed by atoms with Crippen LogP contribution in [0.4, 0.5) is 4.39 Å². The van der Waals surface area contributed by atoms with E-state index in [4.69, 9.17) is 22.1 Å². The molecular weight excluding hydrogens is 265 g/mol. The fraction of sp³-hybridized carbons (Fsp3) is 0.200. The molecule has 0 aromatic heterocycles. The second kappa shape index (κ2) is 6.66. The molecule has 0 atom stereocenters. The zero-order chi connectivity index (χ0) is 13.7. The minimum Gasteiger partial charge on any atom is -0.372 e. The van der Waals surface area contributed by atoms with Gasteiger partial charge in [0.05, 0.1) is 13.2 Å². The molecule has 0 aliphatic rings. The molecule has 0 fully saturated rings. The van der Waals surface area contributed by atoms with Crippen LogP contribution in [-0.4, -0.2) is 0 Å². The highest BCUT2D eigenvalue weighted by Crippen LogP contribution is 2.17. The quantitative estimate of drug-likeness (QED) is 0.907. The first-order chi connectivity index (χ1) is 9.20. The highest BCUT2D eigenvalue weighted by atomic mass is 35.5. The molecule has 2 aromatic carbocycles. The summed E-state index contributed by atoms with van der Waals surface area (Å²) in [5.41, 5.74) is 7.63. The van der Waals surface area contributed by atoms with Crippen molar-refractivity contribution in [3.05, 3.63) is 70.0 Å². The summed E-state index contributed by atoms with van der Waals surface area (Å²) in [5.74, 6) is -0.290. The molecule has 19 heavy (non-hydrogen) atoms. The maximum Gasteiger partial charge on any atom is 0.129 e. The van der Waals surface area contributed by atoms with Gasteiger partial charge in [0, 0.05) is 17.1 Å². The van der Waals surface area contributed by atoms with Crippen molar-refractivity contribution in [2.75, 3.05) is 0 Å². The normalized spacial score (nSPS) is 10.7. The molecule has 0 saturated heterocycles. The summed E-state index contributed by atoms with van der Waals surface area (Å²) < 4.78 is 19.2. The van der Waals surface area contributed by atoms with Crippen LogP contribution in [0.25, 0.3) is 0 Å². The van der Waals surface area contributed by atoms with Crippen molar-refractivity contribution in [3.63, 3.8) is 0 Å². The molecule has 4 heteroatoms. The van der Waals surface area contributed by atoms with Crippen molar-refractivity contribution in [3.8, 4) is 0 Å². The summed E-state index contributed by atoms with van der Waals surface area (Å²) in [6, 6.07) is 12.4. The van der Waals surface area contributed by atoms with Crippen LogP contribution in [-0.2, 0) is 24.5 Å². The highest BCUT2D eigenvalue weighted by molar-refractivity contribution is 6.31. The van der Waals surface area contributed by atoms with Crippen molar-refractivity contribution in [2.24, 2.45) is 5.73 Å². The summed E-state index contributed by atoms with van der Waals surface area (Å²) in [5, 5.41) is 0.654.